The first-order valence-corrected chi connectivity index (χ1v) is 15.8. The highest BCUT2D eigenvalue weighted by Gasteiger charge is 2.29. The van der Waals surface area contributed by atoms with Crippen LogP contribution in [-0.2, 0) is 22.3 Å². The van der Waals surface area contributed by atoms with E-state index in [-0.39, 0.29) is 59.7 Å². The summed E-state index contributed by atoms with van der Waals surface area (Å²) in [5.41, 5.74) is 2.07. The number of halogens is 4. The van der Waals surface area contributed by atoms with Crippen molar-refractivity contribution in [1.29, 1.82) is 0 Å². The normalized spacial score (nSPS) is 16.6. The molecule has 0 bridgehead atoms. The Labute approximate surface area is 274 Å². The van der Waals surface area contributed by atoms with Crippen LogP contribution in [0.15, 0.2) is 48.5 Å². The van der Waals surface area contributed by atoms with Crippen molar-refractivity contribution >= 4 is 11.9 Å². The minimum atomic E-state index is -0.786. The fraction of sp³-hybridized carbons (Fsp3) is 0.333. The van der Waals surface area contributed by atoms with Crippen LogP contribution in [-0.4, -0.2) is 47.3 Å². The van der Waals surface area contributed by atoms with Gasteiger partial charge in [0.25, 0.3) is 0 Å². The highest BCUT2D eigenvalue weighted by molar-refractivity contribution is 5.91. The summed E-state index contributed by atoms with van der Waals surface area (Å²) in [5, 5.41) is 0. The maximum atomic E-state index is 14.8. The van der Waals surface area contributed by atoms with Crippen molar-refractivity contribution in [3.05, 3.63) is 94.3 Å². The van der Waals surface area contributed by atoms with Crippen LogP contribution >= 0.6 is 0 Å². The minimum Gasteiger partial charge on any atom is -0.474 e. The van der Waals surface area contributed by atoms with E-state index in [1.807, 2.05) is 6.92 Å². The van der Waals surface area contributed by atoms with Crippen LogP contribution in [0.1, 0.15) is 71.6 Å². The number of carbonyl (C=O) groups is 2. The first-order chi connectivity index (χ1) is 23.1. The fourth-order valence-corrected chi connectivity index (χ4v) is 5.96. The zero-order valence-corrected chi connectivity index (χ0v) is 26.3. The van der Waals surface area contributed by atoms with E-state index in [4.69, 9.17) is 18.9 Å². The van der Waals surface area contributed by atoms with Crippen LogP contribution in [0, 0.1) is 23.3 Å². The van der Waals surface area contributed by atoms with E-state index in [0.717, 1.165) is 24.3 Å². The van der Waals surface area contributed by atoms with Crippen LogP contribution in [0.5, 0.6) is 11.8 Å². The first kappa shape index (κ1) is 32.9. The summed E-state index contributed by atoms with van der Waals surface area (Å²) in [5.74, 6) is -4.07. The van der Waals surface area contributed by atoms with E-state index in [2.05, 4.69) is 9.97 Å². The van der Waals surface area contributed by atoms with Gasteiger partial charge in [0.2, 0.25) is 11.8 Å². The lowest BCUT2D eigenvalue weighted by Gasteiger charge is -2.27. The Balaban J connectivity index is 1.15. The van der Waals surface area contributed by atoms with Crippen LogP contribution in [0.25, 0.3) is 22.3 Å². The van der Waals surface area contributed by atoms with E-state index < -0.39 is 35.2 Å². The Morgan fingerprint density at radius 1 is 0.750 bits per heavy atom. The van der Waals surface area contributed by atoms with Crippen LogP contribution in [0.2, 0.25) is 0 Å². The molecule has 0 radical (unpaired) electrons. The van der Waals surface area contributed by atoms with Gasteiger partial charge in [0.1, 0.15) is 29.4 Å². The molecule has 6 rings (SSSR count). The third kappa shape index (κ3) is 6.97. The SMILES string of the molecule is CCOC(=O)c1cc(-c2ccc(F)cc2F)c2c(n1)O[C@@H](CCCOC(=O)c1cc(-c3ccc(F)cc3F)c3c(n1)O[C@H](C)CC3)CC2. The predicted molar refractivity (Wildman–Crippen MR) is 166 cm³/mol. The summed E-state index contributed by atoms with van der Waals surface area (Å²) in [4.78, 5) is 34.4. The summed E-state index contributed by atoms with van der Waals surface area (Å²) < 4.78 is 79.4. The first-order valence-electron chi connectivity index (χ1n) is 15.8. The molecule has 48 heavy (non-hydrogen) atoms. The molecule has 0 saturated carbocycles. The molecule has 2 aliphatic heterocycles. The summed E-state index contributed by atoms with van der Waals surface area (Å²) in [6, 6.07) is 9.33. The molecule has 2 atom stereocenters. The summed E-state index contributed by atoms with van der Waals surface area (Å²) in [6.07, 6.45) is 2.56. The molecule has 12 heteroatoms. The number of benzene rings is 2. The third-order valence-electron chi connectivity index (χ3n) is 8.32. The second kappa shape index (κ2) is 14.0. The van der Waals surface area contributed by atoms with E-state index >= 15 is 0 Å². The average Bonchev–Trinajstić information content (AvgIpc) is 3.05. The molecule has 0 N–H and O–H groups in total. The smallest absolute Gasteiger partial charge is 0.357 e. The molecule has 4 heterocycles. The van der Waals surface area contributed by atoms with Gasteiger partial charge >= 0.3 is 11.9 Å². The lowest BCUT2D eigenvalue weighted by molar-refractivity contribution is 0.0468. The zero-order chi connectivity index (χ0) is 33.9. The zero-order valence-electron chi connectivity index (χ0n) is 26.3. The van der Waals surface area contributed by atoms with Gasteiger partial charge < -0.3 is 18.9 Å². The molecule has 250 valence electrons. The van der Waals surface area contributed by atoms with Gasteiger partial charge in [-0.2, -0.15) is 0 Å². The molecule has 2 aromatic heterocycles. The highest BCUT2D eigenvalue weighted by Crippen LogP contribution is 2.39. The molecule has 4 aromatic rings. The second-order valence-corrected chi connectivity index (χ2v) is 11.7. The largest absolute Gasteiger partial charge is 0.474 e. The van der Waals surface area contributed by atoms with Gasteiger partial charge in [0, 0.05) is 34.4 Å². The number of pyridine rings is 2. The lowest BCUT2D eigenvalue weighted by atomic mass is 9.93. The average molecular weight is 665 g/mol. The number of aromatic nitrogens is 2. The van der Waals surface area contributed by atoms with Crippen LogP contribution in [0.4, 0.5) is 17.6 Å². The minimum absolute atomic E-state index is 0.0180. The molecular formula is C36H32F4N2O6. The fourth-order valence-electron chi connectivity index (χ4n) is 5.96. The van der Waals surface area contributed by atoms with E-state index in [0.29, 0.717) is 60.8 Å². The Morgan fingerprint density at radius 3 is 1.85 bits per heavy atom. The van der Waals surface area contributed by atoms with Gasteiger partial charge in [-0.1, -0.05) is 0 Å². The van der Waals surface area contributed by atoms with Crippen molar-refractivity contribution in [3.63, 3.8) is 0 Å². The number of fused-ring (bicyclic) bond motifs is 2. The van der Waals surface area contributed by atoms with E-state index in [1.165, 1.54) is 24.3 Å². The monoisotopic (exact) mass is 664 g/mol. The van der Waals surface area contributed by atoms with Crippen molar-refractivity contribution in [2.24, 2.45) is 0 Å². The molecule has 2 aliphatic rings. The topological polar surface area (TPSA) is 96.8 Å². The maximum Gasteiger partial charge on any atom is 0.357 e. The Morgan fingerprint density at radius 2 is 1.29 bits per heavy atom. The molecule has 0 saturated heterocycles. The van der Waals surface area contributed by atoms with Gasteiger partial charge in [-0.15, -0.1) is 0 Å². The molecule has 0 amide bonds. The summed E-state index contributed by atoms with van der Waals surface area (Å²) >= 11 is 0. The maximum absolute atomic E-state index is 14.8. The van der Waals surface area contributed by atoms with Gasteiger partial charge in [0.15, 0.2) is 11.4 Å². The number of ether oxygens (including phenoxy) is 4. The Bertz CT molecular complexity index is 1880. The van der Waals surface area contributed by atoms with Gasteiger partial charge in [-0.05, 0) is 99.9 Å². The van der Waals surface area contributed by atoms with Crippen LogP contribution in [0.3, 0.4) is 0 Å². The molecule has 0 aliphatic carbocycles. The highest BCUT2D eigenvalue weighted by atomic mass is 19.1. The summed E-state index contributed by atoms with van der Waals surface area (Å²) in [6.45, 7) is 3.65. The van der Waals surface area contributed by atoms with E-state index in [1.54, 1.807) is 6.92 Å². The quantitative estimate of drug-likeness (QED) is 0.103. The van der Waals surface area contributed by atoms with Crippen molar-refractivity contribution < 1.29 is 46.1 Å². The number of hydrogen-bond acceptors (Lipinski definition) is 8. The molecule has 0 unspecified atom stereocenters. The number of hydrogen-bond donors (Lipinski definition) is 0. The molecule has 0 fully saturated rings. The van der Waals surface area contributed by atoms with Crippen molar-refractivity contribution in [2.45, 2.75) is 64.6 Å². The second-order valence-electron chi connectivity index (χ2n) is 11.7. The summed E-state index contributed by atoms with van der Waals surface area (Å²) in [7, 11) is 0. The predicted octanol–water partition coefficient (Wildman–Crippen LogP) is 7.59. The van der Waals surface area contributed by atoms with Crippen molar-refractivity contribution in [2.75, 3.05) is 13.2 Å². The molecular weight excluding hydrogens is 632 g/mol. The van der Waals surface area contributed by atoms with Gasteiger partial charge in [-0.3, -0.25) is 0 Å². The van der Waals surface area contributed by atoms with Crippen LogP contribution < -0.4 is 9.47 Å². The number of nitrogens with zero attached hydrogens (tertiary/aromatic N) is 2. The van der Waals surface area contributed by atoms with Crippen molar-refractivity contribution in [1.82, 2.24) is 9.97 Å². The number of carbonyl (C=O) groups excluding carboxylic acids is 2. The standard InChI is InChI=1S/C36H32F4N2O6/c1-3-45-35(43)31-17-28(24-12-8-21(38)16-30(24)40)26-13-9-22(48-34(26)42-31)5-4-14-46-36(44)32-18-27(23-11-7-20(37)15-29(23)39)25-10-6-19(2)47-33(25)41-32/h7-8,11-12,15-19,22H,3-6,9-10,13-14H2,1-2H3/t19-,22+/m1/s1. The Hall–Kier alpha value is -5.00. The Kier molecular flexibility index (Phi) is 9.61. The third-order valence-corrected chi connectivity index (χ3v) is 8.32. The van der Waals surface area contributed by atoms with E-state index in [9.17, 15) is 27.2 Å². The number of esters is 2. The van der Waals surface area contributed by atoms with Gasteiger partial charge in [0.05, 0.1) is 19.3 Å². The molecule has 0 spiro atoms. The van der Waals surface area contributed by atoms with Crippen molar-refractivity contribution in [3.8, 4) is 34.0 Å². The molecule has 2 aromatic carbocycles. The van der Waals surface area contributed by atoms with Gasteiger partial charge in [-0.25, -0.2) is 37.1 Å². The number of rotatable bonds is 9. The lowest BCUT2D eigenvalue weighted by Crippen LogP contribution is -2.25. The molecule has 8 nitrogen and oxygen atoms in total.